The summed E-state index contributed by atoms with van der Waals surface area (Å²) in [4.78, 5) is 0. The summed E-state index contributed by atoms with van der Waals surface area (Å²) in [6, 6.07) is 11.2. The van der Waals surface area contributed by atoms with Gasteiger partial charge in [-0.05, 0) is 23.8 Å². The van der Waals surface area contributed by atoms with E-state index in [1.807, 2.05) is 0 Å². The monoisotopic (exact) mass is 175 g/mol. The van der Waals surface area contributed by atoms with Crippen LogP contribution in [0.25, 0.3) is 0 Å². The number of hydrogen-bond acceptors (Lipinski definition) is 1. The van der Waals surface area contributed by atoms with Crippen molar-refractivity contribution in [2.24, 2.45) is 11.7 Å². The first-order chi connectivity index (χ1) is 6.33. The molecule has 2 N–H and O–H groups in total. The SMILES string of the molecule is CCC1C(N)CC1c1ccccc1. The van der Waals surface area contributed by atoms with Gasteiger partial charge in [-0.2, -0.15) is 0 Å². The third kappa shape index (κ3) is 1.49. The van der Waals surface area contributed by atoms with Crippen molar-refractivity contribution in [3.63, 3.8) is 0 Å². The number of rotatable bonds is 2. The van der Waals surface area contributed by atoms with Crippen molar-refractivity contribution in [2.75, 3.05) is 0 Å². The van der Waals surface area contributed by atoms with E-state index in [2.05, 4.69) is 37.3 Å². The molecule has 1 fully saturated rings. The summed E-state index contributed by atoms with van der Waals surface area (Å²) >= 11 is 0. The highest BCUT2D eigenvalue weighted by Crippen LogP contribution is 2.43. The molecular weight excluding hydrogens is 158 g/mol. The van der Waals surface area contributed by atoms with E-state index >= 15 is 0 Å². The third-order valence-corrected chi connectivity index (χ3v) is 3.29. The molecule has 0 bridgehead atoms. The minimum atomic E-state index is 0.440. The van der Waals surface area contributed by atoms with Gasteiger partial charge in [0.2, 0.25) is 0 Å². The van der Waals surface area contributed by atoms with E-state index in [0.717, 1.165) is 5.92 Å². The molecule has 13 heavy (non-hydrogen) atoms. The van der Waals surface area contributed by atoms with Crippen LogP contribution in [-0.4, -0.2) is 6.04 Å². The molecule has 2 rings (SSSR count). The summed E-state index contributed by atoms with van der Waals surface area (Å²) < 4.78 is 0. The van der Waals surface area contributed by atoms with Gasteiger partial charge in [-0.3, -0.25) is 0 Å². The molecule has 3 atom stereocenters. The summed E-state index contributed by atoms with van der Waals surface area (Å²) in [5, 5.41) is 0. The second-order valence-corrected chi connectivity index (χ2v) is 3.99. The average molecular weight is 175 g/mol. The average Bonchev–Trinajstić information content (AvgIpc) is 2.16. The molecule has 1 heteroatoms. The highest BCUT2D eigenvalue weighted by Gasteiger charge is 2.37. The highest BCUT2D eigenvalue weighted by molar-refractivity contribution is 5.24. The van der Waals surface area contributed by atoms with Crippen molar-refractivity contribution < 1.29 is 0 Å². The Balaban J connectivity index is 2.12. The zero-order valence-electron chi connectivity index (χ0n) is 8.11. The molecule has 70 valence electrons. The summed E-state index contributed by atoms with van der Waals surface area (Å²) in [6.07, 6.45) is 2.38. The van der Waals surface area contributed by atoms with Crippen LogP contribution in [0.5, 0.6) is 0 Å². The van der Waals surface area contributed by atoms with Gasteiger partial charge in [0.05, 0.1) is 0 Å². The van der Waals surface area contributed by atoms with E-state index in [1.54, 1.807) is 0 Å². The Morgan fingerprint density at radius 3 is 2.54 bits per heavy atom. The van der Waals surface area contributed by atoms with Crippen molar-refractivity contribution >= 4 is 0 Å². The molecule has 1 aliphatic rings. The largest absolute Gasteiger partial charge is 0.327 e. The molecule has 0 heterocycles. The fraction of sp³-hybridized carbons (Fsp3) is 0.500. The van der Waals surface area contributed by atoms with Crippen LogP contribution in [0, 0.1) is 5.92 Å². The molecule has 1 aromatic rings. The number of benzene rings is 1. The lowest BCUT2D eigenvalue weighted by molar-refractivity contribution is 0.198. The van der Waals surface area contributed by atoms with Crippen molar-refractivity contribution in [1.82, 2.24) is 0 Å². The quantitative estimate of drug-likeness (QED) is 0.734. The van der Waals surface area contributed by atoms with E-state index in [-0.39, 0.29) is 0 Å². The molecule has 1 nitrogen and oxygen atoms in total. The van der Waals surface area contributed by atoms with E-state index in [4.69, 9.17) is 5.73 Å². The molecule has 0 amide bonds. The molecule has 0 spiro atoms. The smallest absolute Gasteiger partial charge is 0.00788 e. The Morgan fingerprint density at radius 2 is 2.00 bits per heavy atom. The lowest BCUT2D eigenvalue weighted by atomic mass is 9.65. The van der Waals surface area contributed by atoms with Crippen molar-refractivity contribution in [1.29, 1.82) is 0 Å². The Bertz CT molecular complexity index is 268. The van der Waals surface area contributed by atoms with Gasteiger partial charge in [-0.1, -0.05) is 43.7 Å². The molecular formula is C12H17N. The first-order valence-electron chi connectivity index (χ1n) is 5.13. The maximum atomic E-state index is 5.96. The maximum Gasteiger partial charge on any atom is 0.00788 e. The standard InChI is InChI=1S/C12H17N/c1-2-10-11(8-12(10)13)9-6-4-3-5-7-9/h3-7,10-12H,2,8,13H2,1H3. The molecule has 1 aliphatic carbocycles. The minimum absolute atomic E-state index is 0.440. The summed E-state index contributed by atoms with van der Waals surface area (Å²) in [5.74, 6) is 1.43. The predicted molar refractivity (Wildman–Crippen MR) is 55.6 cm³/mol. The Hall–Kier alpha value is -0.820. The van der Waals surface area contributed by atoms with Gasteiger partial charge in [0, 0.05) is 6.04 Å². The summed E-state index contributed by atoms with van der Waals surface area (Å²) in [6.45, 7) is 2.24. The maximum absolute atomic E-state index is 5.96. The van der Waals surface area contributed by atoms with Crippen molar-refractivity contribution in [3.05, 3.63) is 35.9 Å². The Morgan fingerprint density at radius 1 is 1.31 bits per heavy atom. The molecule has 3 unspecified atom stereocenters. The lowest BCUT2D eigenvalue weighted by Crippen LogP contribution is -2.45. The topological polar surface area (TPSA) is 26.0 Å². The number of nitrogens with two attached hydrogens (primary N) is 1. The molecule has 1 saturated carbocycles. The first kappa shape index (κ1) is 8.76. The second kappa shape index (κ2) is 3.51. The van der Waals surface area contributed by atoms with Crippen molar-refractivity contribution in [3.8, 4) is 0 Å². The van der Waals surface area contributed by atoms with Crippen LogP contribution < -0.4 is 5.73 Å². The molecule has 1 aromatic carbocycles. The second-order valence-electron chi connectivity index (χ2n) is 3.99. The van der Waals surface area contributed by atoms with Gasteiger partial charge in [0.25, 0.3) is 0 Å². The van der Waals surface area contributed by atoms with E-state index in [0.29, 0.717) is 12.0 Å². The third-order valence-electron chi connectivity index (χ3n) is 3.29. The van der Waals surface area contributed by atoms with Crippen LogP contribution in [0.3, 0.4) is 0 Å². The van der Waals surface area contributed by atoms with Gasteiger partial charge >= 0.3 is 0 Å². The molecule has 0 aromatic heterocycles. The normalized spacial score (nSPS) is 32.6. The van der Waals surface area contributed by atoms with E-state index in [9.17, 15) is 0 Å². The van der Waals surface area contributed by atoms with Crippen LogP contribution in [0.4, 0.5) is 0 Å². The summed E-state index contributed by atoms with van der Waals surface area (Å²) in [5.41, 5.74) is 7.43. The molecule has 0 radical (unpaired) electrons. The van der Waals surface area contributed by atoms with Crippen LogP contribution in [0.2, 0.25) is 0 Å². The minimum Gasteiger partial charge on any atom is -0.327 e. The van der Waals surface area contributed by atoms with E-state index in [1.165, 1.54) is 18.4 Å². The fourth-order valence-corrected chi connectivity index (χ4v) is 2.42. The molecule has 0 aliphatic heterocycles. The van der Waals surface area contributed by atoms with Crippen molar-refractivity contribution in [2.45, 2.75) is 31.7 Å². The zero-order valence-corrected chi connectivity index (χ0v) is 8.11. The van der Waals surface area contributed by atoms with Crippen LogP contribution in [0.15, 0.2) is 30.3 Å². The Labute approximate surface area is 80.0 Å². The van der Waals surface area contributed by atoms with Gasteiger partial charge < -0.3 is 5.73 Å². The highest BCUT2D eigenvalue weighted by atomic mass is 14.7. The van der Waals surface area contributed by atoms with E-state index < -0.39 is 0 Å². The van der Waals surface area contributed by atoms with Crippen LogP contribution >= 0.6 is 0 Å². The van der Waals surface area contributed by atoms with Gasteiger partial charge in [0.15, 0.2) is 0 Å². The van der Waals surface area contributed by atoms with Crippen LogP contribution in [-0.2, 0) is 0 Å². The zero-order chi connectivity index (χ0) is 9.26. The molecule has 0 saturated heterocycles. The fourth-order valence-electron chi connectivity index (χ4n) is 2.42. The van der Waals surface area contributed by atoms with Gasteiger partial charge in [-0.25, -0.2) is 0 Å². The van der Waals surface area contributed by atoms with Crippen LogP contribution in [0.1, 0.15) is 31.2 Å². The Kier molecular flexibility index (Phi) is 2.36. The van der Waals surface area contributed by atoms with Gasteiger partial charge in [-0.15, -0.1) is 0 Å². The first-order valence-corrected chi connectivity index (χ1v) is 5.13. The number of hydrogen-bond donors (Lipinski definition) is 1. The predicted octanol–water partition coefficient (Wildman–Crippen LogP) is 2.53. The lowest BCUT2D eigenvalue weighted by Gasteiger charge is -2.42. The van der Waals surface area contributed by atoms with Gasteiger partial charge in [0.1, 0.15) is 0 Å². The summed E-state index contributed by atoms with van der Waals surface area (Å²) in [7, 11) is 0.